The number of aromatic hydroxyl groups is 3. The lowest BCUT2D eigenvalue weighted by Gasteiger charge is -2.39. The van der Waals surface area contributed by atoms with Gasteiger partial charge in [-0.2, -0.15) is 0 Å². The smallest absolute Gasteiger partial charge is 0.229 e. The molecule has 1 fully saturated rings. The molecular formula is C22H22O12. The van der Waals surface area contributed by atoms with E-state index in [4.69, 9.17) is 18.6 Å². The third-order valence-corrected chi connectivity index (χ3v) is 5.44. The SMILES string of the molecule is COc1c(O)ccc(-c2cc(=O)c3c(O)cc(O)cc3o2)c1O[C@H]1O[C@@H](CO)[C@@H](O)[C@@H](O)[C@@H]1O. The summed E-state index contributed by atoms with van der Waals surface area (Å²) in [4.78, 5) is 12.7. The molecule has 7 N–H and O–H groups in total. The highest BCUT2D eigenvalue weighted by Gasteiger charge is 2.45. The van der Waals surface area contributed by atoms with E-state index in [1.807, 2.05) is 0 Å². The number of aliphatic hydroxyl groups excluding tert-OH is 4. The van der Waals surface area contributed by atoms with Gasteiger partial charge in [-0.05, 0) is 12.1 Å². The van der Waals surface area contributed by atoms with E-state index in [1.165, 1.54) is 19.2 Å². The van der Waals surface area contributed by atoms with Crippen molar-refractivity contribution in [1.29, 1.82) is 0 Å². The summed E-state index contributed by atoms with van der Waals surface area (Å²) < 4.78 is 22.0. The number of benzene rings is 2. The number of phenols is 3. The Morgan fingerprint density at radius 3 is 2.35 bits per heavy atom. The average Bonchev–Trinajstić information content (AvgIpc) is 2.78. The number of hydrogen-bond donors (Lipinski definition) is 7. The standard InChI is InChI=1S/C22H22O12/c1-31-21-10(25)3-2-9(13-6-12(27)16-11(26)4-8(24)5-14(16)32-13)20(21)34-22-19(30)18(29)17(28)15(7-23)33-22/h2-6,15,17-19,22-26,28-30H,7H2,1H3/t15-,17+,18+,19-,22+/m0/s1. The van der Waals surface area contributed by atoms with Crippen molar-refractivity contribution in [2.45, 2.75) is 30.7 Å². The summed E-state index contributed by atoms with van der Waals surface area (Å²) >= 11 is 0. The van der Waals surface area contributed by atoms with E-state index in [-0.39, 0.29) is 45.3 Å². The van der Waals surface area contributed by atoms with Crippen LogP contribution in [0.4, 0.5) is 0 Å². The largest absolute Gasteiger partial charge is 0.508 e. The summed E-state index contributed by atoms with van der Waals surface area (Å²) in [6.45, 7) is -0.693. The molecule has 3 aromatic rings. The molecule has 2 aromatic carbocycles. The van der Waals surface area contributed by atoms with Crippen molar-refractivity contribution in [2.75, 3.05) is 13.7 Å². The van der Waals surface area contributed by atoms with E-state index in [9.17, 15) is 40.5 Å². The van der Waals surface area contributed by atoms with Crippen molar-refractivity contribution in [3.05, 3.63) is 40.6 Å². The Hall–Kier alpha value is -3.55. The van der Waals surface area contributed by atoms with Crippen LogP contribution in [0.1, 0.15) is 0 Å². The second-order valence-electron chi connectivity index (χ2n) is 7.62. The van der Waals surface area contributed by atoms with Gasteiger partial charge in [0, 0.05) is 18.2 Å². The van der Waals surface area contributed by atoms with Gasteiger partial charge >= 0.3 is 0 Å². The molecule has 34 heavy (non-hydrogen) atoms. The third kappa shape index (κ3) is 3.97. The Kier molecular flexibility index (Phi) is 6.25. The van der Waals surface area contributed by atoms with Crippen LogP contribution in [0.3, 0.4) is 0 Å². The molecule has 0 spiro atoms. The van der Waals surface area contributed by atoms with Crippen LogP contribution >= 0.6 is 0 Å². The molecule has 2 heterocycles. The first-order chi connectivity index (χ1) is 16.2. The molecule has 0 radical (unpaired) electrons. The maximum Gasteiger partial charge on any atom is 0.229 e. The van der Waals surface area contributed by atoms with Crippen molar-refractivity contribution >= 4 is 11.0 Å². The minimum Gasteiger partial charge on any atom is -0.508 e. The molecule has 12 heteroatoms. The topological polar surface area (TPSA) is 200 Å². The molecule has 1 aliphatic rings. The number of hydrogen-bond acceptors (Lipinski definition) is 12. The van der Waals surface area contributed by atoms with Crippen LogP contribution in [-0.2, 0) is 4.74 Å². The van der Waals surface area contributed by atoms with E-state index < -0.39 is 48.5 Å². The highest BCUT2D eigenvalue weighted by atomic mass is 16.7. The second kappa shape index (κ2) is 9.00. The lowest BCUT2D eigenvalue weighted by atomic mass is 9.99. The average molecular weight is 478 g/mol. The summed E-state index contributed by atoms with van der Waals surface area (Å²) in [6, 6.07) is 5.67. The first-order valence-electron chi connectivity index (χ1n) is 10.0. The number of ether oxygens (including phenoxy) is 3. The van der Waals surface area contributed by atoms with Crippen LogP contribution in [0.15, 0.2) is 39.5 Å². The van der Waals surface area contributed by atoms with Crippen LogP contribution in [0.5, 0.6) is 28.7 Å². The van der Waals surface area contributed by atoms with Crippen molar-refractivity contribution in [3.63, 3.8) is 0 Å². The van der Waals surface area contributed by atoms with Gasteiger partial charge in [-0.15, -0.1) is 0 Å². The highest BCUT2D eigenvalue weighted by Crippen LogP contribution is 2.45. The fraction of sp³-hybridized carbons (Fsp3) is 0.318. The van der Waals surface area contributed by atoms with E-state index in [1.54, 1.807) is 0 Å². The van der Waals surface area contributed by atoms with E-state index in [2.05, 4.69) is 0 Å². The van der Waals surface area contributed by atoms with Gasteiger partial charge in [-0.1, -0.05) is 0 Å². The molecule has 1 aliphatic heterocycles. The van der Waals surface area contributed by atoms with Crippen molar-refractivity contribution in [3.8, 4) is 40.1 Å². The first-order valence-corrected chi connectivity index (χ1v) is 10.0. The predicted octanol–water partition coefficient (Wildman–Crippen LogP) is -0.236. The van der Waals surface area contributed by atoms with Crippen LogP contribution in [0, 0.1) is 0 Å². The van der Waals surface area contributed by atoms with Gasteiger partial charge in [-0.25, -0.2) is 0 Å². The maximum atomic E-state index is 12.7. The van der Waals surface area contributed by atoms with Crippen molar-refractivity contribution in [1.82, 2.24) is 0 Å². The Labute approximate surface area is 191 Å². The minimum absolute atomic E-state index is 0.0356. The molecular weight excluding hydrogens is 456 g/mol. The Morgan fingerprint density at radius 1 is 0.941 bits per heavy atom. The maximum absolute atomic E-state index is 12.7. The molecule has 0 aliphatic carbocycles. The fourth-order valence-corrected chi connectivity index (χ4v) is 3.73. The molecule has 182 valence electrons. The molecule has 4 rings (SSSR count). The molecule has 12 nitrogen and oxygen atoms in total. The van der Waals surface area contributed by atoms with E-state index in [0.29, 0.717) is 0 Å². The Balaban J connectivity index is 1.86. The molecule has 5 atom stereocenters. The second-order valence-corrected chi connectivity index (χ2v) is 7.62. The zero-order valence-electron chi connectivity index (χ0n) is 17.7. The molecule has 0 bridgehead atoms. The molecule has 0 amide bonds. The molecule has 0 unspecified atom stereocenters. The monoisotopic (exact) mass is 478 g/mol. The number of aliphatic hydroxyl groups is 4. The number of phenolic OH excluding ortho intramolecular Hbond substituents is 3. The van der Waals surface area contributed by atoms with Gasteiger partial charge < -0.3 is 54.4 Å². The van der Waals surface area contributed by atoms with Gasteiger partial charge in [0.05, 0.1) is 19.3 Å². The van der Waals surface area contributed by atoms with Gasteiger partial charge in [-0.3, -0.25) is 4.79 Å². The van der Waals surface area contributed by atoms with Crippen molar-refractivity contribution < 1.29 is 54.4 Å². The van der Waals surface area contributed by atoms with E-state index in [0.717, 1.165) is 18.2 Å². The zero-order chi connectivity index (χ0) is 24.7. The fourth-order valence-electron chi connectivity index (χ4n) is 3.73. The molecule has 0 saturated carbocycles. The third-order valence-electron chi connectivity index (χ3n) is 5.44. The normalized spacial score (nSPS) is 24.8. The number of methoxy groups -OCH3 is 1. The molecule has 1 saturated heterocycles. The predicted molar refractivity (Wildman–Crippen MR) is 114 cm³/mol. The van der Waals surface area contributed by atoms with Crippen LogP contribution in [-0.4, -0.2) is 80.2 Å². The van der Waals surface area contributed by atoms with Gasteiger partial charge in [0.2, 0.25) is 12.0 Å². The Bertz CT molecular complexity index is 1270. The minimum atomic E-state index is -1.77. The summed E-state index contributed by atoms with van der Waals surface area (Å²) in [5.74, 6) is -1.86. The number of rotatable bonds is 5. The quantitative estimate of drug-likeness (QED) is 0.254. The van der Waals surface area contributed by atoms with Gasteiger partial charge in [0.1, 0.15) is 52.6 Å². The summed E-state index contributed by atoms with van der Waals surface area (Å²) in [6.07, 6.45) is -8.02. The van der Waals surface area contributed by atoms with Crippen LogP contribution in [0.2, 0.25) is 0 Å². The van der Waals surface area contributed by atoms with Crippen molar-refractivity contribution in [2.24, 2.45) is 0 Å². The molecule has 1 aromatic heterocycles. The Morgan fingerprint density at radius 2 is 1.68 bits per heavy atom. The van der Waals surface area contributed by atoms with Crippen LogP contribution in [0.25, 0.3) is 22.3 Å². The number of fused-ring (bicyclic) bond motifs is 1. The summed E-state index contributed by atoms with van der Waals surface area (Å²) in [5, 5.41) is 69.7. The van der Waals surface area contributed by atoms with Crippen LogP contribution < -0.4 is 14.9 Å². The van der Waals surface area contributed by atoms with Gasteiger partial charge in [0.25, 0.3) is 0 Å². The van der Waals surface area contributed by atoms with E-state index >= 15 is 0 Å². The van der Waals surface area contributed by atoms with Gasteiger partial charge in [0.15, 0.2) is 16.9 Å². The highest BCUT2D eigenvalue weighted by molar-refractivity contribution is 5.86. The lowest BCUT2D eigenvalue weighted by Crippen LogP contribution is -2.60. The zero-order valence-corrected chi connectivity index (χ0v) is 17.7. The summed E-state index contributed by atoms with van der Waals surface area (Å²) in [5.41, 5.74) is -0.765. The summed E-state index contributed by atoms with van der Waals surface area (Å²) in [7, 11) is 1.21. The first kappa shape index (κ1) is 23.6. The lowest BCUT2D eigenvalue weighted by molar-refractivity contribution is -0.277.